The quantitative estimate of drug-likeness (QED) is 0.868. The van der Waals surface area contributed by atoms with Crippen LogP contribution in [-0.2, 0) is 0 Å². The van der Waals surface area contributed by atoms with Crippen molar-refractivity contribution in [3.63, 3.8) is 0 Å². The highest BCUT2D eigenvalue weighted by atomic mass is 35.5. The van der Waals surface area contributed by atoms with Gasteiger partial charge in [0.05, 0.1) is 14.9 Å². The first-order valence-electron chi connectivity index (χ1n) is 4.46. The third kappa shape index (κ3) is 2.09. The zero-order chi connectivity index (χ0) is 11.7. The second kappa shape index (κ2) is 4.72. The highest BCUT2D eigenvalue weighted by molar-refractivity contribution is 7.10. The third-order valence-electron chi connectivity index (χ3n) is 2.17. The Morgan fingerprint density at radius 1 is 1.25 bits per heavy atom. The van der Waals surface area contributed by atoms with Crippen LogP contribution in [0.25, 0.3) is 0 Å². The lowest BCUT2D eigenvalue weighted by molar-refractivity contribution is 0.224. The molecule has 5 heteroatoms. The number of aliphatic hydroxyl groups is 1. The van der Waals surface area contributed by atoms with E-state index in [1.807, 2.05) is 0 Å². The molecule has 0 spiro atoms. The second-order valence-corrected chi connectivity index (χ2v) is 4.91. The summed E-state index contributed by atoms with van der Waals surface area (Å²) in [6.07, 6.45) is -0.990. The fourth-order valence-electron chi connectivity index (χ4n) is 1.37. The molecule has 0 saturated heterocycles. The molecule has 2 aromatic rings. The predicted octanol–water partition coefficient (Wildman–Crippen LogP) is 4.28. The summed E-state index contributed by atoms with van der Waals surface area (Å²) in [7, 11) is 0. The van der Waals surface area contributed by atoms with Gasteiger partial charge in [-0.3, -0.25) is 0 Å². The number of aliphatic hydroxyl groups excluding tert-OH is 1. The van der Waals surface area contributed by atoms with E-state index in [9.17, 15) is 9.50 Å². The normalized spacial score (nSPS) is 12.8. The smallest absolute Gasteiger partial charge is 0.142 e. The molecule has 0 aliphatic carbocycles. The Bertz CT molecular complexity index is 512. The van der Waals surface area contributed by atoms with E-state index in [-0.39, 0.29) is 5.02 Å². The SMILES string of the molecule is OC(c1cccc(F)c1Cl)c1sccc1Cl. The van der Waals surface area contributed by atoms with Crippen LogP contribution in [0.1, 0.15) is 16.5 Å². The van der Waals surface area contributed by atoms with Gasteiger partial charge in [0.2, 0.25) is 0 Å². The molecule has 16 heavy (non-hydrogen) atoms. The minimum Gasteiger partial charge on any atom is -0.383 e. The standard InChI is InChI=1S/C11H7Cl2FOS/c12-7-4-5-16-11(7)10(15)6-2-1-3-8(14)9(6)13/h1-5,10,15H. The predicted molar refractivity (Wildman–Crippen MR) is 64.8 cm³/mol. The number of rotatable bonds is 2. The van der Waals surface area contributed by atoms with Gasteiger partial charge in [0, 0.05) is 5.56 Å². The average molecular weight is 277 g/mol. The van der Waals surface area contributed by atoms with Gasteiger partial charge in [-0.05, 0) is 17.5 Å². The number of halogens is 3. The highest BCUT2D eigenvalue weighted by Crippen LogP contribution is 2.36. The van der Waals surface area contributed by atoms with Crippen LogP contribution in [0, 0.1) is 5.82 Å². The van der Waals surface area contributed by atoms with E-state index < -0.39 is 11.9 Å². The van der Waals surface area contributed by atoms with Gasteiger partial charge in [-0.1, -0.05) is 35.3 Å². The summed E-state index contributed by atoms with van der Waals surface area (Å²) in [5.74, 6) is -0.550. The molecule has 1 heterocycles. The van der Waals surface area contributed by atoms with E-state index in [0.717, 1.165) is 0 Å². The number of hydrogen-bond acceptors (Lipinski definition) is 2. The molecular formula is C11H7Cl2FOS. The van der Waals surface area contributed by atoms with Gasteiger partial charge < -0.3 is 5.11 Å². The third-order valence-corrected chi connectivity index (χ3v) is 3.98. The summed E-state index contributed by atoms with van der Waals surface area (Å²) < 4.78 is 13.2. The summed E-state index contributed by atoms with van der Waals surface area (Å²) in [4.78, 5) is 0.564. The van der Waals surface area contributed by atoms with Crippen molar-refractivity contribution in [3.05, 3.63) is 55.9 Å². The lowest BCUT2D eigenvalue weighted by Crippen LogP contribution is -1.99. The van der Waals surface area contributed by atoms with Crippen LogP contribution in [0.5, 0.6) is 0 Å². The molecule has 1 N–H and O–H groups in total. The minimum absolute atomic E-state index is 0.0699. The van der Waals surface area contributed by atoms with Crippen molar-refractivity contribution in [1.29, 1.82) is 0 Å². The summed E-state index contributed by atoms with van der Waals surface area (Å²) in [5.41, 5.74) is 0.325. The molecule has 0 bridgehead atoms. The molecule has 2 rings (SSSR count). The molecular weight excluding hydrogens is 270 g/mol. The van der Waals surface area contributed by atoms with Crippen LogP contribution >= 0.6 is 34.5 Å². The second-order valence-electron chi connectivity index (χ2n) is 3.18. The molecule has 1 aromatic heterocycles. The van der Waals surface area contributed by atoms with E-state index in [0.29, 0.717) is 15.5 Å². The zero-order valence-electron chi connectivity index (χ0n) is 7.95. The molecule has 0 aliphatic heterocycles. The molecule has 0 fully saturated rings. The first-order valence-corrected chi connectivity index (χ1v) is 6.09. The Morgan fingerprint density at radius 3 is 2.62 bits per heavy atom. The lowest BCUT2D eigenvalue weighted by Gasteiger charge is -2.11. The van der Waals surface area contributed by atoms with E-state index in [2.05, 4.69) is 0 Å². The van der Waals surface area contributed by atoms with Gasteiger partial charge in [-0.2, -0.15) is 0 Å². The molecule has 0 amide bonds. The Labute approximate surface area is 106 Å². The first kappa shape index (κ1) is 11.9. The number of hydrogen-bond donors (Lipinski definition) is 1. The average Bonchev–Trinajstić information content (AvgIpc) is 2.68. The summed E-state index contributed by atoms with van der Waals surface area (Å²) in [5, 5.41) is 12.2. The van der Waals surface area contributed by atoms with Gasteiger partial charge in [0.25, 0.3) is 0 Å². The van der Waals surface area contributed by atoms with Gasteiger partial charge in [-0.15, -0.1) is 11.3 Å². The molecule has 1 unspecified atom stereocenters. The molecule has 0 aliphatic rings. The Hall–Kier alpha value is -0.610. The van der Waals surface area contributed by atoms with Crippen molar-refractivity contribution >= 4 is 34.5 Å². The van der Waals surface area contributed by atoms with E-state index >= 15 is 0 Å². The van der Waals surface area contributed by atoms with Crippen molar-refractivity contribution in [3.8, 4) is 0 Å². The summed E-state index contributed by atoms with van der Waals surface area (Å²) >= 11 is 13.0. The Balaban J connectivity index is 2.46. The van der Waals surface area contributed by atoms with Gasteiger partial charge in [0.1, 0.15) is 11.9 Å². The van der Waals surface area contributed by atoms with Crippen molar-refractivity contribution in [1.82, 2.24) is 0 Å². The fourth-order valence-corrected chi connectivity index (χ4v) is 2.76. The van der Waals surface area contributed by atoms with E-state index in [4.69, 9.17) is 23.2 Å². The lowest BCUT2D eigenvalue weighted by atomic mass is 10.1. The minimum atomic E-state index is -0.990. The van der Waals surface area contributed by atoms with Gasteiger partial charge in [-0.25, -0.2) is 4.39 Å². The fraction of sp³-hybridized carbons (Fsp3) is 0.0909. The van der Waals surface area contributed by atoms with Crippen LogP contribution < -0.4 is 0 Å². The molecule has 0 saturated carbocycles. The van der Waals surface area contributed by atoms with Crippen LogP contribution in [-0.4, -0.2) is 5.11 Å². The van der Waals surface area contributed by atoms with Crippen molar-refractivity contribution < 1.29 is 9.50 Å². The number of thiophene rings is 1. The maximum atomic E-state index is 13.2. The van der Waals surface area contributed by atoms with Crippen LogP contribution in [0.15, 0.2) is 29.6 Å². The molecule has 1 atom stereocenters. The van der Waals surface area contributed by atoms with Crippen molar-refractivity contribution in [2.45, 2.75) is 6.10 Å². The molecule has 84 valence electrons. The zero-order valence-corrected chi connectivity index (χ0v) is 10.3. The van der Waals surface area contributed by atoms with Crippen LogP contribution in [0.3, 0.4) is 0 Å². The summed E-state index contributed by atoms with van der Waals surface area (Å²) in [6.45, 7) is 0. The van der Waals surface area contributed by atoms with E-state index in [1.54, 1.807) is 17.5 Å². The largest absolute Gasteiger partial charge is 0.383 e. The molecule has 1 aromatic carbocycles. The topological polar surface area (TPSA) is 20.2 Å². The highest BCUT2D eigenvalue weighted by Gasteiger charge is 2.19. The van der Waals surface area contributed by atoms with Crippen LogP contribution in [0.2, 0.25) is 10.0 Å². The Kier molecular flexibility index (Phi) is 3.50. The summed E-state index contributed by atoms with van der Waals surface area (Å²) in [6, 6.07) is 6.00. The van der Waals surface area contributed by atoms with Crippen molar-refractivity contribution in [2.24, 2.45) is 0 Å². The van der Waals surface area contributed by atoms with E-state index in [1.165, 1.54) is 23.5 Å². The maximum absolute atomic E-state index is 13.2. The van der Waals surface area contributed by atoms with Crippen molar-refractivity contribution in [2.75, 3.05) is 0 Å². The molecule has 0 radical (unpaired) electrons. The monoisotopic (exact) mass is 276 g/mol. The van der Waals surface area contributed by atoms with Gasteiger partial charge in [0.15, 0.2) is 0 Å². The van der Waals surface area contributed by atoms with Gasteiger partial charge >= 0.3 is 0 Å². The molecule has 1 nitrogen and oxygen atoms in total. The maximum Gasteiger partial charge on any atom is 0.142 e. The number of benzene rings is 1. The Morgan fingerprint density at radius 2 is 2.00 bits per heavy atom. The first-order chi connectivity index (χ1) is 7.61. The van der Waals surface area contributed by atoms with Crippen LogP contribution in [0.4, 0.5) is 4.39 Å².